The number of carbonyl (C=O) groups is 2. The average Bonchev–Trinajstić information content (AvgIpc) is 2.76. The molecule has 2 rings (SSSR count). The van der Waals surface area contributed by atoms with E-state index in [1.807, 2.05) is 6.07 Å². The molecule has 1 fully saturated rings. The third-order valence-corrected chi connectivity index (χ3v) is 4.83. The van der Waals surface area contributed by atoms with Gasteiger partial charge in [0.15, 0.2) is 0 Å². The minimum atomic E-state index is -0.720. The molecule has 0 bridgehead atoms. The Hall–Kier alpha value is -0.880. The van der Waals surface area contributed by atoms with Crippen molar-refractivity contribution in [2.75, 3.05) is 0 Å². The van der Waals surface area contributed by atoms with E-state index >= 15 is 0 Å². The van der Waals surface area contributed by atoms with E-state index in [1.54, 1.807) is 6.07 Å². The number of hydrogen-bond donors (Lipinski definition) is 2. The third-order valence-electron chi connectivity index (χ3n) is 3.21. The molecule has 1 aromatic rings. The topological polar surface area (TPSA) is 66.4 Å². The lowest BCUT2D eigenvalue weighted by Crippen LogP contribution is -2.38. The highest BCUT2D eigenvalue weighted by Gasteiger charge is 2.27. The quantitative estimate of drug-likeness (QED) is 0.894. The summed E-state index contributed by atoms with van der Waals surface area (Å²) in [6.45, 7) is 0. The Labute approximate surface area is 118 Å². The van der Waals surface area contributed by atoms with Gasteiger partial charge in [-0.3, -0.25) is 9.59 Å². The predicted molar refractivity (Wildman–Crippen MR) is 72.9 cm³/mol. The van der Waals surface area contributed by atoms with Gasteiger partial charge < -0.3 is 10.4 Å². The molecule has 0 radical (unpaired) electrons. The molecule has 98 valence electrons. The number of aliphatic carboxylic acids is 1. The summed E-state index contributed by atoms with van der Waals surface area (Å²) in [5.41, 5.74) is 0. The normalized spacial score (nSPS) is 23.6. The molecule has 18 heavy (non-hydrogen) atoms. The van der Waals surface area contributed by atoms with Crippen LogP contribution in [-0.2, 0) is 4.79 Å². The number of amides is 1. The van der Waals surface area contributed by atoms with Gasteiger partial charge in [0.1, 0.15) is 0 Å². The van der Waals surface area contributed by atoms with Crippen LogP contribution >= 0.6 is 27.3 Å². The van der Waals surface area contributed by atoms with Crippen molar-refractivity contribution in [3.05, 3.63) is 20.8 Å². The number of hydrogen-bond acceptors (Lipinski definition) is 3. The molecule has 0 atom stereocenters. The molecule has 0 aromatic carbocycles. The number of thiophene rings is 1. The van der Waals surface area contributed by atoms with E-state index in [4.69, 9.17) is 5.11 Å². The molecule has 0 spiro atoms. The van der Waals surface area contributed by atoms with Gasteiger partial charge in [-0.05, 0) is 53.7 Å². The van der Waals surface area contributed by atoms with E-state index in [2.05, 4.69) is 21.2 Å². The first-order valence-electron chi connectivity index (χ1n) is 5.85. The molecule has 0 unspecified atom stereocenters. The van der Waals surface area contributed by atoms with Crippen LogP contribution in [0.5, 0.6) is 0 Å². The maximum absolute atomic E-state index is 11.9. The number of nitrogens with one attached hydrogen (secondary N) is 1. The van der Waals surface area contributed by atoms with Crippen molar-refractivity contribution < 1.29 is 14.7 Å². The Bertz CT molecular complexity index is 452. The number of carboxylic acids is 1. The third kappa shape index (κ3) is 3.32. The van der Waals surface area contributed by atoms with Crippen LogP contribution in [0.15, 0.2) is 15.9 Å². The fourth-order valence-electron chi connectivity index (χ4n) is 2.18. The first-order chi connectivity index (χ1) is 8.56. The molecule has 1 heterocycles. The monoisotopic (exact) mass is 331 g/mol. The summed E-state index contributed by atoms with van der Waals surface area (Å²) in [6, 6.07) is 3.74. The van der Waals surface area contributed by atoms with Gasteiger partial charge in [0.25, 0.3) is 5.91 Å². The highest BCUT2D eigenvalue weighted by Crippen LogP contribution is 2.26. The second kappa shape index (κ2) is 5.84. The van der Waals surface area contributed by atoms with Gasteiger partial charge in [-0.25, -0.2) is 0 Å². The molecule has 4 nitrogen and oxygen atoms in total. The zero-order chi connectivity index (χ0) is 13.1. The first kappa shape index (κ1) is 13.5. The highest BCUT2D eigenvalue weighted by atomic mass is 79.9. The number of rotatable bonds is 3. The molecule has 0 aliphatic heterocycles. The number of carbonyl (C=O) groups excluding carboxylic acids is 1. The Morgan fingerprint density at radius 3 is 2.44 bits per heavy atom. The van der Waals surface area contributed by atoms with Crippen molar-refractivity contribution in [2.24, 2.45) is 5.92 Å². The van der Waals surface area contributed by atoms with Crippen molar-refractivity contribution >= 4 is 39.1 Å². The van der Waals surface area contributed by atoms with Gasteiger partial charge in [-0.1, -0.05) is 0 Å². The summed E-state index contributed by atoms with van der Waals surface area (Å²) in [6.07, 6.45) is 2.79. The Morgan fingerprint density at radius 2 is 1.94 bits per heavy atom. The van der Waals surface area contributed by atoms with Crippen LogP contribution in [0.2, 0.25) is 0 Å². The molecule has 1 amide bonds. The van der Waals surface area contributed by atoms with Crippen LogP contribution in [0, 0.1) is 5.92 Å². The Morgan fingerprint density at radius 1 is 1.28 bits per heavy atom. The zero-order valence-corrected chi connectivity index (χ0v) is 12.1. The van der Waals surface area contributed by atoms with E-state index in [1.165, 1.54) is 11.3 Å². The smallest absolute Gasteiger partial charge is 0.306 e. The van der Waals surface area contributed by atoms with Gasteiger partial charge >= 0.3 is 5.97 Å². The predicted octanol–water partition coefficient (Wildman–Crippen LogP) is 2.88. The summed E-state index contributed by atoms with van der Waals surface area (Å²) in [5.74, 6) is -1.03. The van der Waals surface area contributed by atoms with Crippen LogP contribution in [0.1, 0.15) is 35.4 Å². The molecule has 1 aliphatic rings. The first-order valence-corrected chi connectivity index (χ1v) is 7.46. The van der Waals surface area contributed by atoms with Crippen molar-refractivity contribution in [1.29, 1.82) is 0 Å². The number of halogens is 1. The molecule has 1 aromatic heterocycles. The van der Waals surface area contributed by atoms with Crippen LogP contribution in [0.25, 0.3) is 0 Å². The highest BCUT2D eigenvalue weighted by molar-refractivity contribution is 9.11. The maximum Gasteiger partial charge on any atom is 0.306 e. The lowest BCUT2D eigenvalue weighted by Gasteiger charge is -2.26. The summed E-state index contributed by atoms with van der Waals surface area (Å²) in [5, 5.41) is 11.9. The fraction of sp³-hybridized carbons (Fsp3) is 0.500. The summed E-state index contributed by atoms with van der Waals surface area (Å²) in [4.78, 5) is 23.4. The van der Waals surface area contributed by atoms with E-state index in [9.17, 15) is 9.59 Å². The van der Waals surface area contributed by atoms with E-state index in [-0.39, 0.29) is 17.9 Å². The molecule has 1 saturated carbocycles. The molecule has 0 saturated heterocycles. The Balaban J connectivity index is 1.85. The van der Waals surface area contributed by atoms with Crippen molar-refractivity contribution in [3.8, 4) is 0 Å². The molecular formula is C12H14BrNO3S. The molecular weight excluding hydrogens is 318 g/mol. The average molecular weight is 332 g/mol. The van der Waals surface area contributed by atoms with E-state index < -0.39 is 5.97 Å². The van der Waals surface area contributed by atoms with Gasteiger partial charge in [0.2, 0.25) is 0 Å². The minimum Gasteiger partial charge on any atom is -0.481 e. The number of carboxylic acid groups (broad SMARTS) is 1. The molecule has 2 N–H and O–H groups in total. The van der Waals surface area contributed by atoms with Gasteiger partial charge in [-0.15, -0.1) is 11.3 Å². The van der Waals surface area contributed by atoms with Crippen molar-refractivity contribution in [1.82, 2.24) is 5.32 Å². The second-order valence-electron chi connectivity index (χ2n) is 4.46. The van der Waals surface area contributed by atoms with Crippen LogP contribution in [0.4, 0.5) is 0 Å². The summed E-state index contributed by atoms with van der Waals surface area (Å²) in [7, 11) is 0. The van der Waals surface area contributed by atoms with Crippen molar-refractivity contribution in [2.45, 2.75) is 31.7 Å². The lowest BCUT2D eigenvalue weighted by molar-refractivity contribution is -0.142. The fourth-order valence-corrected chi connectivity index (χ4v) is 3.47. The SMILES string of the molecule is O=C(NC1CCC(C(=O)O)CC1)c1ccc(Br)s1. The minimum absolute atomic E-state index is 0.0653. The van der Waals surface area contributed by atoms with Crippen LogP contribution in [0.3, 0.4) is 0 Å². The largest absolute Gasteiger partial charge is 0.481 e. The van der Waals surface area contributed by atoms with Crippen LogP contribution in [-0.4, -0.2) is 23.0 Å². The summed E-state index contributed by atoms with van der Waals surface area (Å²) < 4.78 is 0.933. The zero-order valence-electron chi connectivity index (χ0n) is 9.69. The van der Waals surface area contributed by atoms with Crippen molar-refractivity contribution in [3.63, 3.8) is 0 Å². The standard InChI is InChI=1S/C12H14BrNO3S/c13-10-6-5-9(18-10)11(15)14-8-3-1-7(2-4-8)12(16)17/h5-8H,1-4H2,(H,14,15)(H,16,17). The van der Waals surface area contributed by atoms with E-state index in [0.29, 0.717) is 17.7 Å². The Kier molecular flexibility index (Phi) is 4.40. The second-order valence-corrected chi connectivity index (χ2v) is 6.93. The summed E-state index contributed by atoms with van der Waals surface area (Å²) >= 11 is 4.72. The molecule has 6 heteroatoms. The molecule has 1 aliphatic carbocycles. The van der Waals surface area contributed by atoms with Crippen LogP contribution < -0.4 is 5.32 Å². The van der Waals surface area contributed by atoms with Gasteiger partial charge in [-0.2, -0.15) is 0 Å². The lowest BCUT2D eigenvalue weighted by atomic mass is 9.86. The maximum atomic E-state index is 11.9. The van der Waals surface area contributed by atoms with Gasteiger partial charge in [0, 0.05) is 6.04 Å². The van der Waals surface area contributed by atoms with E-state index in [0.717, 1.165) is 16.6 Å². The van der Waals surface area contributed by atoms with Gasteiger partial charge in [0.05, 0.1) is 14.6 Å².